The van der Waals surface area contributed by atoms with E-state index in [0.717, 1.165) is 56.0 Å². The Morgan fingerprint density at radius 1 is 1.06 bits per heavy atom. The second kappa shape index (κ2) is 11.9. The van der Waals surface area contributed by atoms with Crippen molar-refractivity contribution in [1.29, 1.82) is 0 Å². The molecule has 1 aromatic heterocycles. The molecular formula is C24H29Cl4N3O2. The SMILES string of the molecule is Cl.Cl.Cl.O=C(O)[C@@H]1C[C@H](N2CCC(=C3c4ccc(Cl)cc4CCc4cccnc43)CC2)CN1. The van der Waals surface area contributed by atoms with Crippen molar-refractivity contribution in [2.75, 3.05) is 19.6 Å². The number of aromatic nitrogens is 1. The number of nitrogens with zero attached hydrogens (tertiary/aromatic N) is 2. The van der Waals surface area contributed by atoms with Gasteiger partial charge < -0.3 is 10.4 Å². The first-order valence-electron chi connectivity index (χ1n) is 10.8. The second-order valence-corrected chi connectivity index (χ2v) is 8.95. The van der Waals surface area contributed by atoms with Gasteiger partial charge in [0.2, 0.25) is 0 Å². The number of aliphatic carboxylic acids is 1. The molecule has 0 bridgehead atoms. The molecule has 0 radical (unpaired) electrons. The molecule has 0 spiro atoms. The first-order chi connectivity index (χ1) is 14.6. The Bertz CT molecular complexity index is 1020. The lowest BCUT2D eigenvalue weighted by Crippen LogP contribution is -2.41. The summed E-state index contributed by atoms with van der Waals surface area (Å²) in [6.07, 6.45) is 6.51. The highest BCUT2D eigenvalue weighted by molar-refractivity contribution is 6.30. The van der Waals surface area contributed by atoms with Gasteiger partial charge in [0, 0.05) is 42.5 Å². The van der Waals surface area contributed by atoms with Crippen LogP contribution in [-0.4, -0.2) is 52.7 Å². The van der Waals surface area contributed by atoms with Crippen molar-refractivity contribution in [3.05, 3.63) is 69.5 Å². The van der Waals surface area contributed by atoms with Gasteiger partial charge in [-0.05, 0) is 67.0 Å². The second-order valence-electron chi connectivity index (χ2n) is 8.52. The molecule has 2 aromatic rings. The van der Waals surface area contributed by atoms with Gasteiger partial charge in [0.25, 0.3) is 0 Å². The zero-order valence-electron chi connectivity index (χ0n) is 18.1. The van der Waals surface area contributed by atoms with E-state index < -0.39 is 12.0 Å². The van der Waals surface area contributed by atoms with Crippen molar-refractivity contribution in [2.45, 2.75) is 44.2 Å². The Labute approximate surface area is 218 Å². The number of piperidine rings is 1. The van der Waals surface area contributed by atoms with Gasteiger partial charge in [0.05, 0.1) is 5.69 Å². The number of benzene rings is 1. The summed E-state index contributed by atoms with van der Waals surface area (Å²) in [5, 5.41) is 13.2. The maximum absolute atomic E-state index is 11.3. The fourth-order valence-corrected chi connectivity index (χ4v) is 5.42. The lowest BCUT2D eigenvalue weighted by molar-refractivity contribution is -0.139. The fourth-order valence-electron chi connectivity index (χ4n) is 5.23. The van der Waals surface area contributed by atoms with Crippen molar-refractivity contribution in [1.82, 2.24) is 15.2 Å². The van der Waals surface area contributed by atoms with Crippen LogP contribution in [0.25, 0.3) is 5.57 Å². The standard InChI is InChI=1S/C24H26ClN3O2.3ClH/c25-18-5-6-20-17(12-18)4-3-16-2-1-9-26-23(16)22(20)15-7-10-28(11-8-15)19-13-21(24(29)30)27-14-19;;;/h1-2,5-6,9,12,19,21,27H,3-4,7-8,10-11,13-14H2,(H,29,30);3*1H/t19-,21-;;;/m0.../s1. The van der Waals surface area contributed by atoms with E-state index in [-0.39, 0.29) is 37.2 Å². The largest absolute Gasteiger partial charge is 0.480 e. The van der Waals surface area contributed by atoms with Crippen LogP contribution >= 0.6 is 48.8 Å². The highest BCUT2D eigenvalue weighted by Gasteiger charge is 2.34. The number of carboxylic acids is 1. The normalized spacial score (nSPS) is 22.1. The number of fused-ring (bicyclic) bond motifs is 2. The lowest BCUT2D eigenvalue weighted by Gasteiger charge is -2.34. The van der Waals surface area contributed by atoms with E-state index in [0.29, 0.717) is 12.5 Å². The lowest BCUT2D eigenvalue weighted by atomic mass is 9.88. The Morgan fingerprint density at radius 3 is 2.48 bits per heavy atom. The number of nitrogens with one attached hydrogen (secondary N) is 1. The van der Waals surface area contributed by atoms with Crippen LogP contribution in [0.3, 0.4) is 0 Å². The van der Waals surface area contributed by atoms with E-state index in [4.69, 9.17) is 16.6 Å². The number of carbonyl (C=O) groups is 1. The number of hydrogen-bond acceptors (Lipinski definition) is 4. The number of halogens is 4. The summed E-state index contributed by atoms with van der Waals surface area (Å²) in [4.78, 5) is 18.5. The van der Waals surface area contributed by atoms with E-state index in [1.807, 2.05) is 18.3 Å². The predicted molar refractivity (Wildman–Crippen MR) is 140 cm³/mol. The molecule has 2 aliphatic heterocycles. The zero-order valence-corrected chi connectivity index (χ0v) is 21.3. The monoisotopic (exact) mass is 531 g/mol. The van der Waals surface area contributed by atoms with Crippen LogP contribution in [0.2, 0.25) is 5.02 Å². The molecule has 3 aliphatic rings. The van der Waals surface area contributed by atoms with Crippen LogP contribution < -0.4 is 5.32 Å². The third kappa shape index (κ3) is 5.67. The molecule has 3 heterocycles. The van der Waals surface area contributed by atoms with Gasteiger partial charge >= 0.3 is 5.97 Å². The van der Waals surface area contributed by atoms with Crippen molar-refractivity contribution in [2.24, 2.45) is 0 Å². The molecule has 0 saturated carbocycles. The highest BCUT2D eigenvalue weighted by Crippen LogP contribution is 2.38. The third-order valence-electron chi connectivity index (χ3n) is 6.81. The predicted octanol–water partition coefficient (Wildman–Crippen LogP) is 4.81. The average Bonchev–Trinajstić information content (AvgIpc) is 3.20. The van der Waals surface area contributed by atoms with E-state index in [9.17, 15) is 9.90 Å². The molecule has 2 atom stereocenters. The summed E-state index contributed by atoms with van der Waals surface area (Å²) in [5.41, 5.74) is 7.75. The molecule has 2 N–H and O–H groups in total. The minimum Gasteiger partial charge on any atom is -0.480 e. The minimum atomic E-state index is -0.742. The number of carboxylic acid groups (broad SMARTS) is 1. The molecular weight excluding hydrogens is 504 g/mol. The Balaban J connectivity index is 0.00000128. The number of likely N-dealkylation sites (tertiary alicyclic amines) is 1. The maximum atomic E-state index is 11.3. The van der Waals surface area contributed by atoms with E-state index in [1.54, 1.807) is 0 Å². The zero-order chi connectivity index (χ0) is 20.7. The highest BCUT2D eigenvalue weighted by atomic mass is 35.5. The van der Waals surface area contributed by atoms with Gasteiger partial charge in [-0.1, -0.05) is 29.3 Å². The van der Waals surface area contributed by atoms with Crippen LogP contribution in [0, 0.1) is 0 Å². The Kier molecular flexibility index (Phi) is 10.0. The molecule has 1 aromatic carbocycles. The fraction of sp³-hybridized carbons (Fsp3) is 0.417. The van der Waals surface area contributed by atoms with Crippen molar-refractivity contribution < 1.29 is 9.90 Å². The number of aryl methyl sites for hydroxylation is 2. The summed E-state index contributed by atoms with van der Waals surface area (Å²) in [6.45, 7) is 2.68. The first kappa shape index (κ1) is 27.9. The van der Waals surface area contributed by atoms with Gasteiger partial charge in [-0.3, -0.25) is 14.7 Å². The molecule has 1 aliphatic carbocycles. The number of pyridine rings is 1. The average molecular weight is 533 g/mol. The molecule has 2 saturated heterocycles. The van der Waals surface area contributed by atoms with Crippen molar-refractivity contribution in [3.8, 4) is 0 Å². The van der Waals surface area contributed by atoms with E-state index in [2.05, 4.69) is 28.4 Å². The molecule has 9 heteroatoms. The van der Waals surface area contributed by atoms with Gasteiger partial charge in [0.15, 0.2) is 0 Å². The molecule has 5 rings (SSSR count). The van der Waals surface area contributed by atoms with Gasteiger partial charge in [-0.25, -0.2) is 0 Å². The van der Waals surface area contributed by atoms with Crippen LogP contribution in [0.5, 0.6) is 0 Å². The van der Waals surface area contributed by atoms with Crippen molar-refractivity contribution >= 4 is 60.4 Å². The smallest absolute Gasteiger partial charge is 0.320 e. The van der Waals surface area contributed by atoms with Crippen LogP contribution in [0.4, 0.5) is 0 Å². The Hall–Kier alpha value is -1.34. The summed E-state index contributed by atoms with van der Waals surface area (Å²) in [6, 6.07) is 10.4. The third-order valence-corrected chi connectivity index (χ3v) is 7.04. The van der Waals surface area contributed by atoms with Crippen LogP contribution in [-0.2, 0) is 17.6 Å². The number of rotatable bonds is 2. The summed E-state index contributed by atoms with van der Waals surface area (Å²) >= 11 is 6.31. The molecule has 2 fully saturated rings. The molecule has 33 heavy (non-hydrogen) atoms. The summed E-state index contributed by atoms with van der Waals surface area (Å²) < 4.78 is 0. The van der Waals surface area contributed by atoms with E-state index in [1.165, 1.54) is 27.8 Å². The first-order valence-corrected chi connectivity index (χ1v) is 11.1. The minimum absolute atomic E-state index is 0. The van der Waals surface area contributed by atoms with Crippen LogP contribution in [0.1, 0.15) is 41.6 Å². The topological polar surface area (TPSA) is 65.5 Å². The summed E-state index contributed by atoms with van der Waals surface area (Å²) in [7, 11) is 0. The maximum Gasteiger partial charge on any atom is 0.320 e. The van der Waals surface area contributed by atoms with Gasteiger partial charge in [-0.15, -0.1) is 37.2 Å². The van der Waals surface area contributed by atoms with Crippen molar-refractivity contribution in [3.63, 3.8) is 0 Å². The molecule has 0 unspecified atom stereocenters. The van der Waals surface area contributed by atoms with Gasteiger partial charge in [-0.2, -0.15) is 0 Å². The molecule has 0 amide bonds. The molecule has 5 nitrogen and oxygen atoms in total. The quantitative estimate of drug-likeness (QED) is 0.581. The molecule has 180 valence electrons. The van der Waals surface area contributed by atoms with Crippen LogP contribution in [0.15, 0.2) is 42.1 Å². The Morgan fingerprint density at radius 2 is 1.79 bits per heavy atom. The number of hydrogen-bond donors (Lipinski definition) is 2. The van der Waals surface area contributed by atoms with Gasteiger partial charge in [0.1, 0.15) is 6.04 Å². The summed E-state index contributed by atoms with van der Waals surface area (Å²) in [5.74, 6) is -0.742. The van der Waals surface area contributed by atoms with E-state index >= 15 is 0 Å².